The second kappa shape index (κ2) is 34.4. The van der Waals surface area contributed by atoms with Gasteiger partial charge in [-0.05, 0) is 66.9 Å². The van der Waals surface area contributed by atoms with Gasteiger partial charge in [0.15, 0.2) is 0 Å². The lowest BCUT2D eigenvalue weighted by Gasteiger charge is -2.42. The van der Waals surface area contributed by atoms with Crippen molar-refractivity contribution in [1.82, 2.24) is 45.0 Å². The van der Waals surface area contributed by atoms with Crippen LogP contribution in [0.1, 0.15) is 110 Å². The van der Waals surface area contributed by atoms with Crippen molar-refractivity contribution >= 4 is 88.0 Å². The molecular formula is C64H93N9O9S4. The third-order valence-electron chi connectivity index (χ3n) is 16.7. The maximum atomic E-state index is 14.9. The zero-order valence-corrected chi connectivity index (χ0v) is 55.6. The Hall–Kier alpha value is -5.39. The number of amides is 7. The number of hydrogen-bond acceptors (Lipinski definition) is 15. The Morgan fingerprint density at radius 3 is 2.03 bits per heavy atom. The number of thiazole rings is 1. The van der Waals surface area contributed by atoms with Crippen LogP contribution in [-0.4, -0.2) is 190 Å². The maximum Gasteiger partial charge on any atom is 0.245 e. The van der Waals surface area contributed by atoms with Crippen molar-refractivity contribution < 1.29 is 43.0 Å². The molecule has 4 bridgehead atoms. The van der Waals surface area contributed by atoms with Gasteiger partial charge in [-0.15, -0.1) is 34.9 Å². The number of allylic oxidation sites excluding steroid dienone is 6. The lowest BCUT2D eigenvalue weighted by atomic mass is 9.89. The number of methoxy groups -OCH3 is 2. The summed E-state index contributed by atoms with van der Waals surface area (Å²) >= 11 is 6.01. The van der Waals surface area contributed by atoms with Gasteiger partial charge in [-0.1, -0.05) is 104 Å². The molecule has 2 saturated heterocycles. The summed E-state index contributed by atoms with van der Waals surface area (Å²) in [6, 6.07) is 7.52. The molecule has 2 fully saturated rings. The number of aromatic nitrogens is 1. The lowest BCUT2D eigenvalue weighted by molar-refractivity contribution is -0.158. The van der Waals surface area contributed by atoms with Gasteiger partial charge < -0.3 is 49.5 Å². The van der Waals surface area contributed by atoms with E-state index in [1.54, 1.807) is 77.9 Å². The van der Waals surface area contributed by atoms with Crippen molar-refractivity contribution in [2.75, 3.05) is 77.9 Å². The summed E-state index contributed by atoms with van der Waals surface area (Å²) in [6.45, 7) is 18.9. The second-order valence-electron chi connectivity index (χ2n) is 23.4. The van der Waals surface area contributed by atoms with Crippen molar-refractivity contribution in [3.8, 4) is 0 Å². The van der Waals surface area contributed by atoms with Crippen LogP contribution in [-0.2, 0) is 49.5 Å². The predicted octanol–water partition coefficient (Wildman–Crippen LogP) is 8.72. The number of rotatable bonds is 27. The van der Waals surface area contributed by atoms with E-state index >= 15 is 0 Å². The standard InChI is InChI=1S/C64H93N9O9S4/c1-13-44(6)60(52(81-11)37-56(77)73-31-19-26-51(73)61(82-12)45(7)46(8)66-50(63-65-30-35-86-63)36-47-20-15-14-16-21-47)69(10)64(80)58(42(2)3)67-62(79)59(43(4)5)68(9)57(78)38-83-32-27-53(74)70-39-71-41-72(40-70)55(76)29-34-85-49-23-17-22-48(24-18-25-49)84-33-28-54(71)75/h14-18,20-25,30,35,42-45,50-52,58-61,66H,8,13,19,26-29,31-34,36-41H2,1-7,9-12H3,(H,67,79)/t44-,45-,50-,51-,52+,58-,59-,60-,61+/m0/s1. The van der Waals surface area contributed by atoms with E-state index in [0.29, 0.717) is 30.2 Å². The van der Waals surface area contributed by atoms with Gasteiger partial charge in [-0.3, -0.25) is 33.6 Å². The van der Waals surface area contributed by atoms with E-state index in [1.165, 1.54) is 27.1 Å². The van der Waals surface area contributed by atoms with Crippen LogP contribution in [0, 0.1) is 23.7 Å². The number of ether oxygens (including phenoxy) is 2. The van der Waals surface area contributed by atoms with E-state index in [9.17, 15) is 33.6 Å². The normalized spacial score (nSPS) is 19.7. The minimum absolute atomic E-state index is 0.00952. The lowest BCUT2D eigenvalue weighted by Crippen LogP contribution is -2.60. The number of benzene rings is 1. The third-order valence-corrected chi connectivity index (χ3v) is 20.6. The summed E-state index contributed by atoms with van der Waals surface area (Å²) in [5, 5.41) is 9.64. The minimum atomic E-state index is -0.969. The highest BCUT2D eigenvalue weighted by Crippen LogP contribution is 2.33. The van der Waals surface area contributed by atoms with E-state index in [0.717, 1.165) is 39.8 Å². The van der Waals surface area contributed by atoms with Crippen LogP contribution < -0.4 is 10.6 Å². The first-order chi connectivity index (χ1) is 41.2. The molecule has 0 saturated carbocycles. The minimum Gasteiger partial charge on any atom is -0.379 e. The quantitative estimate of drug-likeness (QED) is 0.0807. The third kappa shape index (κ3) is 19.3. The molecule has 1 aliphatic carbocycles. The molecule has 0 radical (unpaired) electrons. The molecule has 0 spiro atoms. The van der Waals surface area contributed by atoms with Crippen molar-refractivity contribution in [2.24, 2.45) is 23.7 Å². The van der Waals surface area contributed by atoms with E-state index in [1.807, 2.05) is 113 Å². The first-order valence-corrected chi connectivity index (χ1v) is 34.2. The van der Waals surface area contributed by atoms with Crippen molar-refractivity contribution in [1.29, 1.82) is 0 Å². The number of likely N-dealkylation sites (tertiary alicyclic amines) is 1. The summed E-state index contributed by atoms with van der Waals surface area (Å²) in [7, 11) is 6.55. The highest BCUT2D eigenvalue weighted by atomic mass is 32.2. The van der Waals surface area contributed by atoms with Crippen LogP contribution in [0.15, 0.2) is 100 Å². The van der Waals surface area contributed by atoms with Gasteiger partial charge in [-0.2, -0.15) is 11.8 Å². The molecule has 86 heavy (non-hydrogen) atoms. The predicted molar refractivity (Wildman–Crippen MR) is 347 cm³/mol. The van der Waals surface area contributed by atoms with Crippen LogP contribution in [0.4, 0.5) is 0 Å². The molecule has 1 aromatic carbocycles. The van der Waals surface area contributed by atoms with Crippen LogP contribution in [0.25, 0.3) is 0 Å². The fraction of sp³-hybridized carbons (Fsp3) is 0.594. The van der Waals surface area contributed by atoms with Gasteiger partial charge in [0.2, 0.25) is 41.4 Å². The molecule has 7 amide bonds. The second-order valence-corrected chi connectivity index (χ2v) is 27.7. The molecule has 22 heteroatoms. The van der Waals surface area contributed by atoms with Crippen LogP contribution in [0.2, 0.25) is 0 Å². The molecule has 2 aromatic rings. The van der Waals surface area contributed by atoms with E-state index in [4.69, 9.17) is 9.47 Å². The Kier molecular flexibility index (Phi) is 27.9. The monoisotopic (exact) mass is 1260 g/mol. The van der Waals surface area contributed by atoms with Gasteiger partial charge in [0.05, 0.1) is 62.5 Å². The number of carbonyl (C=O) groups is 7. The van der Waals surface area contributed by atoms with Crippen molar-refractivity contribution in [3.05, 3.63) is 111 Å². The van der Waals surface area contributed by atoms with Gasteiger partial charge in [0.25, 0.3) is 0 Å². The Morgan fingerprint density at radius 2 is 1.48 bits per heavy atom. The SMILES string of the molecule is C=C(N[C@@H](Cc1ccccc1)c1nccs1)[C@H](C)[C@@H](OC)[C@@H]1CCCN1C(=O)C[C@@H](OC)[C@H]([C@@H](C)CC)N(C)C(=O)[C@@H](NC(=O)[C@H](C(C)C)N(C)C(=O)CSCCC(=O)N1CN2CN(C1)C(=O)CCSC1=CC=CC(=CC=C1)SCCC2=O)C(C)C. The van der Waals surface area contributed by atoms with E-state index in [2.05, 4.69) is 41.3 Å². The van der Waals surface area contributed by atoms with Gasteiger partial charge in [0, 0.05) is 104 Å². The highest BCUT2D eigenvalue weighted by molar-refractivity contribution is 8.03. The number of likely N-dealkylation sites (N-methyl/N-ethyl adjacent to an activating group) is 2. The number of hydrogen-bond donors (Lipinski definition) is 2. The van der Waals surface area contributed by atoms with Gasteiger partial charge in [0.1, 0.15) is 17.1 Å². The molecular weight excluding hydrogens is 1170 g/mol. The zero-order valence-electron chi connectivity index (χ0n) is 52.3. The average Bonchev–Trinajstić information content (AvgIpc) is 4.01. The average molecular weight is 1260 g/mol. The van der Waals surface area contributed by atoms with Gasteiger partial charge >= 0.3 is 0 Å². The molecule has 9 atom stereocenters. The summed E-state index contributed by atoms with van der Waals surface area (Å²) in [5.41, 5.74) is 1.97. The fourth-order valence-electron chi connectivity index (χ4n) is 11.6. The summed E-state index contributed by atoms with van der Waals surface area (Å²) in [5.74, 6) is -1.34. The van der Waals surface area contributed by atoms with Crippen LogP contribution in [0.3, 0.4) is 0 Å². The Labute approximate surface area is 527 Å². The molecule has 1 aromatic heterocycles. The number of fused-ring (bicyclic) bond motifs is 8. The topological polar surface area (TPSA) is 194 Å². The van der Waals surface area contributed by atoms with Crippen molar-refractivity contribution in [2.45, 2.75) is 142 Å². The zero-order chi connectivity index (χ0) is 62.6. The molecule has 5 aliphatic rings. The Balaban J connectivity index is 1.04. The summed E-state index contributed by atoms with van der Waals surface area (Å²) in [6.07, 6.45) is 16.3. The molecule has 0 unspecified atom stereocenters. The highest BCUT2D eigenvalue weighted by Gasteiger charge is 2.43. The molecule has 2 N–H and O–H groups in total. The first-order valence-electron chi connectivity index (χ1n) is 30.2. The molecule has 4 aliphatic heterocycles. The van der Waals surface area contributed by atoms with Crippen LogP contribution in [0.5, 0.6) is 0 Å². The smallest absolute Gasteiger partial charge is 0.245 e. The molecule has 7 rings (SSSR count). The molecule has 472 valence electrons. The fourth-order valence-corrected chi connectivity index (χ4v) is 14.9. The number of thioether (sulfide) groups is 3. The summed E-state index contributed by atoms with van der Waals surface area (Å²) < 4.78 is 12.4. The Morgan fingerprint density at radius 1 is 0.837 bits per heavy atom. The number of nitrogens with zero attached hydrogens (tertiary/aromatic N) is 7. The maximum absolute atomic E-state index is 14.9. The van der Waals surface area contributed by atoms with Crippen molar-refractivity contribution in [3.63, 3.8) is 0 Å². The van der Waals surface area contributed by atoms with Gasteiger partial charge in [-0.25, -0.2) is 4.98 Å². The molecule has 18 nitrogen and oxygen atoms in total. The largest absolute Gasteiger partial charge is 0.379 e. The number of nitrogens with one attached hydrogen (secondary N) is 2. The Bertz CT molecular complexity index is 2690. The van der Waals surface area contributed by atoms with Crippen LogP contribution >= 0.6 is 46.6 Å². The van der Waals surface area contributed by atoms with E-state index < -0.39 is 30.1 Å². The molecule has 5 heterocycles. The summed E-state index contributed by atoms with van der Waals surface area (Å²) in [4.78, 5) is 115. The van der Waals surface area contributed by atoms with E-state index in [-0.39, 0.29) is 129 Å². The first kappa shape index (κ1) is 69.7. The number of carbonyl (C=O) groups excluding carboxylic acids is 7.